The average molecular weight is 251 g/mol. The lowest BCUT2D eigenvalue weighted by molar-refractivity contribution is -0.134. The number of hydrogen-bond acceptors (Lipinski definition) is 3. The molecule has 2 N–H and O–H groups in total. The van der Waals surface area contributed by atoms with Gasteiger partial charge in [-0.15, -0.1) is 0 Å². The van der Waals surface area contributed by atoms with Gasteiger partial charge in [-0.05, 0) is 12.8 Å². The first kappa shape index (κ1) is 15.4. The summed E-state index contributed by atoms with van der Waals surface area (Å²) >= 11 is 0. The van der Waals surface area contributed by atoms with E-state index in [-0.39, 0.29) is 6.04 Å². The van der Waals surface area contributed by atoms with E-state index in [1.807, 2.05) is 13.8 Å². The predicted octanol–water partition coefficient (Wildman–Crippen LogP) is 1.35. The molecular formula is C10H21NO4S. The van der Waals surface area contributed by atoms with E-state index in [0.29, 0.717) is 0 Å². The molecule has 0 fully saturated rings. The van der Waals surface area contributed by atoms with Gasteiger partial charge in [-0.3, -0.25) is 4.79 Å². The fourth-order valence-corrected chi connectivity index (χ4v) is 2.67. The molecular weight excluding hydrogens is 230 g/mol. The molecule has 0 spiro atoms. The Bertz CT molecular complexity index is 300. The second-order valence-electron chi connectivity index (χ2n) is 3.90. The lowest BCUT2D eigenvalue weighted by Crippen LogP contribution is -2.38. The van der Waals surface area contributed by atoms with Crippen molar-refractivity contribution in [1.29, 1.82) is 0 Å². The Hall–Kier alpha value is -0.620. The zero-order valence-corrected chi connectivity index (χ0v) is 10.7. The maximum atomic E-state index is 11.4. The molecule has 0 aliphatic heterocycles. The molecule has 1 unspecified atom stereocenters. The van der Waals surface area contributed by atoms with Crippen molar-refractivity contribution < 1.29 is 18.3 Å². The molecule has 5 nitrogen and oxygen atoms in total. The maximum absolute atomic E-state index is 11.4. The quantitative estimate of drug-likeness (QED) is 0.648. The summed E-state index contributed by atoms with van der Waals surface area (Å²) in [5.41, 5.74) is 0. The summed E-state index contributed by atoms with van der Waals surface area (Å²) in [6.45, 7) is 4.01. The highest BCUT2D eigenvalue weighted by atomic mass is 32.2. The highest BCUT2D eigenvalue weighted by Gasteiger charge is 2.19. The molecule has 0 bridgehead atoms. The number of carbonyl (C=O) groups is 1. The van der Waals surface area contributed by atoms with Crippen molar-refractivity contribution in [2.24, 2.45) is 0 Å². The smallest absolute Gasteiger partial charge is 0.320 e. The second-order valence-corrected chi connectivity index (χ2v) is 5.65. The van der Waals surface area contributed by atoms with E-state index < -0.39 is 21.7 Å². The first-order chi connectivity index (χ1) is 7.41. The number of nitrogens with one attached hydrogen (secondary N) is 1. The Morgan fingerprint density at radius 2 is 1.88 bits per heavy atom. The van der Waals surface area contributed by atoms with Crippen LogP contribution in [0.1, 0.15) is 46.0 Å². The van der Waals surface area contributed by atoms with Crippen LogP contribution in [-0.2, 0) is 14.8 Å². The molecule has 0 saturated heterocycles. The van der Waals surface area contributed by atoms with Crippen LogP contribution < -0.4 is 4.72 Å². The Morgan fingerprint density at radius 3 is 2.31 bits per heavy atom. The van der Waals surface area contributed by atoms with Crippen LogP contribution in [0.4, 0.5) is 0 Å². The number of carboxylic acids is 1. The predicted molar refractivity (Wildman–Crippen MR) is 62.8 cm³/mol. The zero-order chi connectivity index (χ0) is 12.6. The van der Waals surface area contributed by atoms with E-state index in [2.05, 4.69) is 4.72 Å². The second kappa shape index (κ2) is 7.62. The third-order valence-electron chi connectivity index (χ3n) is 2.20. The normalized spacial score (nSPS) is 13.6. The molecule has 16 heavy (non-hydrogen) atoms. The highest BCUT2D eigenvalue weighted by Crippen LogP contribution is 2.08. The Labute approximate surface area is 97.3 Å². The summed E-state index contributed by atoms with van der Waals surface area (Å²) < 4.78 is 25.2. The Kier molecular flexibility index (Phi) is 7.33. The van der Waals surface area contributed by atoms with E-state index >= 15 is 0 Å². The largest absolute Gasteiger partial charge is 0.480 e. The third-order valence-corrected chi connectivity index (χ3v) is 3.52. The molecule has 0 heterocycles. The van der Waals surface area contributed by atoms with Crippen molar-refractivity contribution in [2.45, 2.75) is 52.0 Å². The van der Waals surface area contributed by atoms with Crippen molar-refractivity contribution in [3.8, 4) is 0 Å². The monoisotopic (exact) mass is 251 g/mol. The Morgan fingerprint density at radius 1 is 1.25 bits per heavy atom. The van der Waals surface area contributed by atoms with Crippen molar-refractivity contribution in [3.63, 3.8) is 0 Å². The van der Waals surface area contributed by atoms with Gasteiger partial charge >= 0.3 is 5.97 Å². The number of unbranched alkanes of at least 4 members (excludes halogenated alkanes) is 1. The first-order valence-corrected chi connectivity index (χ1v) is 7.28. The standard InChI is InChI=1S/C10H21NO4S/c1-3-5-7-9(6-4-2)11-16(14,15)8-10(12)13/h9,11H,3-8H2,1-2H3,(H,12,13). The SMILES string of the molecule is CCCCC(CCC)NS(=O)(=O)CC(=O)O. The van der Waals surface area contributed by atoms with E-state index in [0.717, 1.165) is 32.1 Å². The highest BCUT2D eigenvalue weighted by molar-refractivity contribution is 7.90. The van der Waals surface area contributed by atoms with Crippen LogP contribution >= 0.6 is 0 Å². The summed E-state index contributed by atoms with van der Waals surface area (Å²) in [4.78, 5) is 10.3. The first-order valence-electron chi connectivity index (χ1n) is 5.63. The summed E-state index contributed by atoms with van der Waals surface area (Å²) in [5, 5.41) is 8.45. The molecule has 0 rings (SSSR count). The van der Waals surface area contributed by atoms with Crippen LogP contribution in [0.25, 0.3) is 0 Å². The van der Waals surface area contributed by atoms with Gasteiger partial charge in [0.2, 0.25) is 10.0 Å². The molecule has 0 aliphatic carbocycles. The van der Waals surface area contributed by atoms with Gasteiger partial charge in [-0.25, -0.2) is 13.1 Å². The average Bonchev–Trinajstić information content (AvgIpc) is 2.11. The fraction of sp³-hybridized carbons (Fsp3) is 0.900. The van der Waals surface area contributed by atoms with E-state index in [9.17, 15) is 13.2 Å². The number of carboxylic acid groups (broad SMARTS) is 1. The van der Waals surface area contributed by atoms with Crippen LogP contribution in [0.15, 0.2) is 0 Å². The number of sulfonamides is 1. The molecule has 0 aromatic heterocycles. The van der Waals surface area contributed by atoms with E-state index in [4.69, 9.17) is 5.11 Å². The van der Waals surface area contributed by atoms with E-state index in [1.54, 1.807) is 0 Å². The van der Waals surface area contributed by atoms with Gasteiger partial charge in [-0.1, -0.05) is 33.1 Å². The molecule has 0 saturated carbocycles. The minimum atomic E-state index is -3.68. The topological polar surface area (TPSA) is 83.5 Å². The van der Waals surface area contributed by atoms with Crippen molar-refractivity contribution in [1.82, 2.24) is 4.72 Å². The number of rotatable bonds is 9. The van der Waals surface area contributed by atoms with Crippen LogP contribution in [0.3, 0.4) is 0 Å². The van der Waals surface area contributed by atoms with Crippen molar-refractivity contribution >= 4 is 16.0 Å². The van der Waals surface area contributed by atoms with Crippen LogP contribution in [0, 0.1) is 0 Å². The summed E-state index contributed by atoms with van der Waals surface area (Å²) in [5.74, 6) is -2.17. The van der Waals surface area contributed by atoms with Crippen LogP contribution in [0.5, 0.6) is 0 Å². The molecule has 0 aromatic carbocycles. The van der Waals surface area contributed by atoms with Crippen LogP contribution in [0.2, 0.25) is 0 Å². The van der Waals surface area contributed by atoms with Gasteiger partial charge in [0.25, 0.3) is 0 Å². The molecule has 0 aromatic rings. The van der Waals surface area contributed by atoms with Gasteiger partial charge in [0, 0.05) is 6.04 Å². The zero-order valence-electron chi connectivity index (χ0n) is 9.90. The third kappa shape index (κ3) is 7.64. The lowest BCUT2D eigenvalue weighted by atomic mass is 10.1. The van der Waals surface area contributed by atoms with Crippen molar-refractivity contribution in [3.05, 3.63) is 0 Å². The van der Waals surface area contributed by atoms with Gasteiger partial charge in [0.15, 0.2) is 5.75 Å². The molecule has 0 radical (unpaired) electrons. The minimum absolute atomic E-state index is 0.130. The fourth-order valence-electron chi connectivity index (χ4n) is 1.52. The summed E-state index contributed by atoms with van der Waals surface area (Å²) in [7, 11) is -3.68. The molecule has 96 valence electrons. The van der Waals surface area contributed by atoms with Gasteiger partial charge in [0.1, 0.15) is 0 Å². The van der Waals surface area contributed by atoms with Gasteiger partial charge in [0.05, 0.1) is 0 Å². The summed E-state index contributed by atoms with van der Waals surface area (Å²) in [6.07, 6.45) is 4.34. The van der Waals surface area contributed by atoms with Crippen molar-refractivity contribution in [2.75, 3.05) is 5.75 Å². The lowest BCUT2D eigenvalue weighted by Gasteiger charge is -2.16. The molecule has 6 heteroatoms. The number of hydrogen-bond donors (Lipinski definition) is 2. The number of aliphatic carboxylic acids is 1. The molecule has 0 amide bonds. The van der Waals surface area contributed by atoms with Gasteiger partial charge in [-0.2, -0.15) is 0 Å². The van der Waals surface area contributed by atoms with Crippen LogP contribution in [-0.4, -0.2) is 31.3 Å². The van der Waals surface area contributed by atoms with E-state index in [1.165, 1.54) is 0 Å². The minimum Gasteiger partial charge on any atom is -0.480 e. The molecule has 0 aliphatic rings. The molecule has 1 atom stereocenters. The summed E-state index contributed by atoms with van der Waals surface area (Å²) in [6, 6.07) is -0.130. The van der Waals surface area contributed by atoms with Gasteiger partial charge < -0.3 is 5.11 Å². The maximum Gasteiger partial charge on any atom is 0.320 e. The Balaban J connectivity index is 4.30.